The highest BCUT2D eigenvalue weighted by atomic mass is 32.2. The van der Waals surface area contributed by atoms with Gasteiger partial charge in [-0.3, -0.25) is 33.8 Å². The largest absolute Gasteiger partial charge is 0.481 e. The van der Waals surface area contributed by atoms with Crippen LogP contribution in [0, 0.1) is 0 Å². The molecule has 0 aromatic heterocycles. The van der Waals surface area contributed by atoms with Crippen LogP contribution in [0.2, 0.25) is 0 Å². The number of nitrogens with zero attached hydrogens (tertiary/aromatic N) is 1. The molecule has 0 saturated carbocycles. The number of guanidine groups is 1. The second-order valence-electron chi connectivity index (χ2n) is 7.70. The summed E-state index contributed by atoms with van der Waals surface area (Å²) >= 11 is 0.837. The minimum Gasteiger partial charge on any atom is -0.481 e. The fourth-order valence-corrected chi connectivity index (χ4v) is 3.75. The van der Waals surface area contributed by atoms with Gasteiger partial charge in [0.1, 0.15) is 18.1 Å². The average Bonchev–Trinajstić information content (AvgIpc) is 2.80. The lowest BCUT2D eigenvalue weighted by Crippen LogP contribution is -2.55. The number of aliphatic imine (C=N–C) groups is 1. The van der Waals surface area contributed by atoms with Crippen LogP contribution in [-0.2, 0) is 33.6 Å². The molecule has 0 unspecified atom stereocenters. The highest BCUT2D eigenvalue weighted by Crippen LogP contribution is 2.05. The standard InChI is InChI=1S/C19H30N8O9S/c20-19(21)22-3-1-2-9-16(33)24-6-13(29)26-10(4-15(31)32)17(34)27-11(18(35)36)7-37-8-14(30)23-5-12(28)25-9/h9-11H,1-8H2,(H,23,30)(H,24,33)(H,25,28)(H,26,29)(H,27,34)(H,31,32)(H,35,36)(H4,20,21,22)/t9-,10-,11-/m0/s1. The number of rotatable bonds is 7. The lowest BCUT2D eigenvalue weighted by molar-refractivity contribution is -0.143. The maximum atomic E-state index is 12.6. The summed E-state index contributed by atoms with van der Waals surface area (Å²) < 4.78 is 0. The maximum absolute atomic E-state index is 12.6. The average molecular weight is 547 g/mol. The third kappa shape index (κ3) is 13.0. The van der Waals surface area contributed by atoms with Crippen molar-refractivity contribution in [1.82, 2.24) is 26.6 Å². The van der Waals surface area contributed by atoms with Crippen LogP contribution in [-0.4, -0.2) is 107 Å². The summed E-state index contributed by atoms with van der Waals surface area (Å²) in [6.45, 7) is -1.01. The van der Waals surface area contributed by atoms with E-state index >= 15 is 0 Å². The molecule has 0 radical (unpaired) electrons. The van der Waals surface area contributed by atoms with Crippen LogP contribution in [0.4, 0.5) is 0 Å². The van der Waals surface area contributed by atoms with Gasteiger partial charge in [-0.05, 0) is 12.8 Å². The number of nitrogens with one attached hydrogen (secondary N) is 5. The molecule has 1 saturated heterocycles. The summed E-state index contributed by atoms with van der Waals surface area (Å²) in [5.74, 6) is -7.69. The first-order valence-electron chi connectivity index (χ1n) is 10.9. The monoisotopic (exact) mass is 546 g/mol. The van der Waals surface area contributed by atoms with Gasteiger partial charge in [0.15, 0.2) is 5.96 Å². The number of carbonyl (C=O) groups excluding carboxylic acids is 5. The molecule has 0 aromatic rings. The number of aliphatic carboxylic acids is 2. The molecule has 1 rings (SSSR count). The molecule has 206 valence electrons. The molecule has 3 atom stereocenters. The number of hydrogen-bond donors (Lipinski definition) is 9. The van der Waals surface area contributed by atoms with Crippen LogP contribution in [0.25, 0.3) is 0 Å². The molecule has 18 heteroatoms. The Bertz CT molecular complexity index is 925. The summed E-state index contributed by atoms with van der Waals surface area (Å²) in [6.07, 6.45) is -0.520. The first-order valence-corrected chi connectivity index (χ1v) is 12.1. The Balaban J connectivity index is 3.05. The van der Waals surface area contributed by atoms with Crippen LogP contribution in [0.5, 0.6) is 0 Å². The highest BCUT2D eigenvalue weighted by molar-refractivity contribution is 8.00. The van der Waals surface area contributed by atoms with E-state index in [9.17, 15) is 38.7 Å². The van der Waals surface area contributed by atoms with E-state index in [2.05, 4.69) is 31.6 Å². The van der Waals surface area contributed by atoms with Crippen LogP contribution in [0.15, 0.2) is 4.99 Å². The molecule has 0 bridgehead atoms. The van der Waals surface area contributed by atoms with Crippen molar-refractivity contribution in [2.24, 2.45) is 16.5 Å². The van der Waals surface area contributed by atoms with E-state index in [-0.39, 0.29) is 36.9 Å². The summed E-state index contributed by atoms with van der Waals surface area (Å²) in [4.78, 5) is 88.1. The first kappa shape index (κ1) is 30.9. The molecule has 1 aliphatic rings. The Kier molecular flexibility index (Phi) is 13.2. The Morgan fingerprint density at radius 2 is 1.51 bits per heavy atom. The highest BCUT2D eigenvalue weighted by Gasteiger charge is 2.29. The molecule has 0 aliphatic carbocycles. The second-order valence-corrected chi connectivity index (χ2v) is 8.73. The van der Waals surface area contributed by atoms with E-state index in [0.29, 0.717) is 0 Å². The van der Waals surface area contributed by atoms with Crippen molar-refractivity contribution in [3.05, 3.63) is 0 Å². The third-order valence-corrected chi connectivity index (χ3v) is 5.66. The van der Waals surface area contributed by atoms with Crippen molar-refractivity contribution >= 4 is 59.2 Å². The topological polar surface area (TPSA) is 284 Å². The van der Waals surface area contributed by atoms with Crippen molar-refractivity contribution < 1.29 is 43.8 Å². The zero-order valence-corrected chi connectivity index (χ0v) is 20.5. The second kappa shape index (κ2) is 15.8. The van der Waals surface area contributed by atoms with Gasteiger partial charge in [-0.2, -0.15) is 0 Å². The SMILES string of the molecule is NC(N)=NCCC[C@@H]1NC(=O)CNC(=O)CSC[C@@H](C(=O)O)NC(=O)[C@H](CC(=O)O)NC(=O)CNC1=O. The molecule has 0 aromatic carbocycles. The maximum Gasteiger partial charge on any atom is 0.327 e. The van der Waals surface area contributed by atoms with Gasteiger partial charge in [0.2, 0.25) is 29.5 Å². The minimum atomic E-state index is -1.65. The third-order valence-electron chi connectivity index (χ3n) is 4.63. The minimum absolute atomic E-state index is 0.0698. The Hall–Kier alpha value is -4.09. The van der Waals surface area contributed by atoms with E-state index in [0.717, 1.165) is 11.8 Å². The van der Waals surface area contributed by atoms with E-state index in [1.165, 1.54) is 0 Å². The predicted molar refractivity (Wildman–Crippen MR) is 129 cm³/mol. The number of carbonyl (C=O) groups is 7. The van der Waals surface area contributed by atoms with Gasteiger partial charge >= 0.3 is 11.9 Å². The molecule has 1 fully saturated rings. The van der Waals surface area contributed by atoms with E-state index < -0.39 is 79.1 Å². The van der Waals surface area contributed by atoms with Gasteiger partial charge < -0.3 is 48.3 Å². The Labute approximate surface area is 214 Å². The molecule has 17 nitrogen and oxygen atoms in total. The van der Waals surface area contributed by atoms with E-state index in [4.69, 9.17) is 16.6 Å². The van der Waals surface area contributed by atoms with Crippen LogP contribution in [0.1, 0.15) is 19.3 Å². The zero-order chi connectivity index (χ0) is 28.0. The van der Waals surface area contributed by atoms with Gasteiger partial charge in [0, 0.05) is 12.3 Å². The van der Waals surface area contributed by atoms with Gasteiger partial charge in [-0.25, -0.2) is 4.79 Å². The smallest absolute Gasteiger partial charge is 0.327 e. The zero-order valence-electron chi connectivity index (χ0n) is 19.7. The molecule has 37 heavy (non-hydrogen) atoms. The number of thioether (sulfide) groups is 1. The molecule has 1 aliphatic heterocycles. The van der Waals surface area contributed by atoms with E-state index in [1.54, 1.807) is 0 Å². The lowest BCUT2D eigenvalue weighted by Gasteiger charge is -2.22. The number of nitrogens with two attached hydrogens (primary N) is 2. The van der Waals surface area contributed by atoms with E-state index in [1.807, 2.05) is 0 Å². The quantitative estimate of drug-likeness (QED) is 0.0824. The first-order chi connectivity index (χ1) is 17.4. The molecule has 1 heterocycles. The number of carboxylic acids is 2. The van der Waals surface area contributed by atoms with Gasteiger partial charge in [-0.15, -0.1) is 11.8 Å². The van der Waals surface area contributed by atoms with Crippen molar-refractivity contribution in [1.29, 1.82) is 0 Å². The molecular weight excluding hydrogens is 516 g/mol. The summed E-state index contributed by atoms with van der Waals surface area (Å²) in [5, 5.41) is 29.7. The lowest BCUT2D eigenvalue weighted by atomic mass is 10.1. The Morgan fingerprint density at radius 1 is 0.892 bits per heavy atom. The van der Waals surface area contributed by atoms with Crippen molar-refractivity contribution in [2.45, 2.75) is 37.4 Å². The van der Waals surface area contributed by atoms with Crippen molar-refractivity contribution in [3.8, 4) is 0 Å². The van der Waals surface area contributed by atoms with Gasteiger partial charge in [0.25, 0.3) is 0 Å². The van der Waals surface area contributed by atoms with Gasteiger partial charge in [0.05, 0.1) is 25.3 Å². The molecule has 11 N–H and O–H groups in total. The van der Waals surface area contributed by atoms with Crippen LogP contribution in [0.3, 0.4) is 0 Å². The summed E-state index contributed by atoms with van der Waals surface area (Å²) in [5.41, 5.74) is 10.5. The fourth-order valence-electron chi connectivity index (χ4n) is 2.88. The summed E-state index contributed by atoms with van der Waals surface area (Å²) in [7, 11) is 0. The molecule has 5 amide bonds. The molecular formula is C19H30N8O9S. The Morgan fingerprint density at radius 3 is 2.11 bits per heavy atom. The van der Waals surface area contributed by atoms with Crippen LogP contribution >= 0.6 is 11.8 Å². The molecule has 0 spiro atoms. The van der Waals surface area contributed by atoms with Crippen LogP contribution < -0.4 is 38.1 Å². The van der Waals surface area contributed by atoms with Crippen molar-refractivity contribution in [3.63, 3.8) is 0 Å². The number of amides is 5. The predicted octanol–water partition coefficient (Wildman–Crippen LogP) is -4.97. The van der Waals surface area contributed by atoms with Crippen molar-refractivity contribution in [2.75, 3.05) is 31.1 Å². The normalized spacial score (nSPS) is 22.6. The number of carboxylic acid groups (broad SMARTS) is 2. The summed E-state index contributed by atoms with van der Waals surface area (Å²) in [6, 6.07) is -4.28. The number of hydrogen-bond acceptors (Lipinski definition) is 9. The fraction of sp³-hybridized carbons (Fsp3) is 0.579. The van der Waals surface area contributed by atoms with Gasteiger partial charge in [-0.1, -0.05) is 0 Å².